The van der Waals surface area contributed by atoms with Gasteiger partial charge in [-0.3, -0.25) is 23.5 Å². The highest BCUT2D eigenvalue weighted by atomic mass is 16.5. The van der Waals surface area contributed by atoms with E-state index in [2.05, 4.69) is 4.90 Å². The number of allylic oxidation sites excluding steroid dienone is 2. The summed E-state index contributed by atoms with van der Waals surface area (Å²) in [5.41, 5.74) is 6.93. The summed E-state index contributed by atoms with van der Waals surface area (Å²) in [4.78, 5) is 61.7. The Kier molecular flexibility index (Phi) is 9.64. The van der Waals surface area contributed by atoms with Crippen LogP contribution in [0.3, 0.4) is 0 Å². The third-order valence-electron chi connectivity index (χ3n) is 8.04. The molecule has 0 bridgehead atoms. The number of hydrogen-bond acceptors (Lipinski definition) is 9. The van der Waals surface area contributed by atoms with Crippen molar-refractivity contribution >= 4 is 28.8 Å². The van der Waals surface area contributed by atoms with Crippen LogP contribution >= 0.6 is 0 Å². The SMILES string of the molecule is CC(C)=CCn1c(N2CCCC(N)C2)nc2c1c(=O)n(CC(=O)c1cccc(OCCC(=O)N3CCOCC3)c1)c(=O)n2C. The number of morpholine rings is 1. The highest BCUT2D eigenvalue weighted by Crippen LogP contribution is 2.23. The van der Waals surface area contributed by atoms with Gasteiger partial charge < -0.3 is 29.6 Å². The van der Waals surface area contributed by atoms with E-state index < -0.39 is 23.6 Å². The first-order valence-electron chi connectivity index (χ1n) is 15.1. The van der Waals surface area contributed by atoms with Gasteiger partial charge in [-0.15, -0.1) is 0 Å². The normalized spacial score (nSPS) is 17.1. The van der Waals surface area contributed by atoms with Crippen molar-refractivity contribution in [2.45, 2.75) is 52.2 Å². The average molecular weight is 608 g/mol. The van der Waals surface area contributed by atoms with E-state index >= 15 is 0 Å². The fraction of sp³-hybridized carbons (Fsp3) is 0.516. The number of rotatable bonds is 10. The molecular weight excluding hydrogens is 566 g/mol. The Bertz CT molecular complexity index is 1680. The predicted octanol–water partition coefficient (Wildman–Crippen LogP) is 1.30. The number of carbonyl (C=O) groups excluding carboxylic acids is 2. The van der Waals surface area contributed by atoms with Gasteiger partial charge in [0.05, 0.1) is 32.8 Å². The highest BCUT2D eigenvalue weighted by Gasteiger charge is 2.27. The van der Waals surface area contributed by atoms with Crippen molar-refractivity contribution in [3.8, 4) is 5.75 Å². The van der Waals surface area contributed by atoms with Crippen molar-refractivity contribution in [2.75, 3.05) is 50.9 Å². The second-order valence-electron chi connectivity index (χ2n) is 11.6. The van der Waals surface area contributed by atoms with Gasteiger partial charge in [0.2, 0.25) is 11.9 Å². The summed E-state index contributed by atoms with van der Waals surface area (Å²) in [5, 5.41) is 0. The molecule has 2 aliphatic rings. The number of nitrogens with zero attached hydrogens (tertiary/aromatic N) is 6. The van der Waals surface area contributed by atoms with Crippen LogP contribution in [0.25, 0.3) is 11.2 Å². The summed E-state index contributed by atoms with van der Waals surface area (Å²) in [6.07, 6.45) is 4.01. The van der Waals surface area contributed by atoms with Gasteiger partial charge in [0.25, 0.3) is 5.56 Å². The van der Waals surface area contributed by atoms with Gasteiger partial charge >= 0.3 is 5.69 Å². The summed E-state index contributed by atoms with van der Waals surface area (Å²) in [6.45, 7) is 7.57. The van der Waals surface area contributed by atoms with Crippen molar-refractivity contribution in [1.29, 1.82) is 0 Å². The quantitative estimate of drug-likeness (QED) is 0.266. The Morgan fingerprint density at radius 3 is 2.64 bits per heavy atom. The van der Waals surface area contributed by atoms with Crippen molar-refractivity contribution < 1.29 is 19.1 Å². The van der Waals surface area contributed by atoms with Crippen LogP contribution in [0.1, 0.15) is 43.5 Å². The molecule has 0 radical (unpaired) electrons. The number of imidazole rings is 1. The first kappa shape index (κ1) is 31.2. The van der Waals surface area contributed by atoms with Gasteiger partial charge in [0.15, 0.2) is 16.9 Å². The van der Waals surface area contributed by atoms with Gasteiger partial charge in [0.1, 0.15) is 5.75 Å². The Morgan fingerprint density at radius 2 is 1.91 bits per heavy atom. The van der Waals surface area contributed by atoms with Crippen molar-refractivity contribution in [3.63, 3.8) is 0 Å². The van der Waals surface area contributed by atoms with Crippen LogP contribution in [0, 0.1) is 0 Å². The van der Waals surface area contributed by atoms with Crippen LogP contribution < -0.4 is 26.6 Å². The number of hydrogen-bond donors (Lipinski definition) is 1. The van der Waals surface area contributed by atoms with E-state index in [1.165, 1.54) is 4.57 Å². The van der Waals surface area contributed by atoms with Gasteiger partial charge in [-0.25, -0.2) is 4.79 Å². The first-order chi connectivity index (χ1) is 21.1. The van der Waals surface area contributed by atoms with Crippen molar-refractivity contribution in [2.24, 2.45) is 12.8 Å². The predicted molar refractivity (Wildman–Crippen MR) is 166 cm³/mol. The Balaban J connectivity index is 1.39. The highest BCUT2D eigenvalue weighted by molar-refractivity contribution is 5.96. The van der Waals surface area contributed by atoms with Crippen LogP contribution in [-0.2, 0) is 29.7 Å². The first-order valence-corrected chi connectivity index (χ1v) is 15.1. The minimum Gasteiger partial charge on any atom is -0.493 e. The van der Waals surface area contributed by atoms with E-state index in [1.807, 2.05) is 24.5 Å². The van der Waals surface area contributed by atoms with E-state index in [0.29, 0.717) is 51.1 Å². The van der Waals surface area contributed by atoms with Gasteiger partial charge in [-0.2, -0.15) is 4.98 Å². The zero-order chi connectivity index (χ0) is 31.4. The molecule has 5 rings (SSSR count). The lowest BCUT2D eigenvalue weighted by Gasteiger charge is -2.31. The number of amides is 1. The smallest absolute Gasteiger partial charge is 0.332 e. The Hall–Kier alpha value is -4.23. The molecule has 236 valence electrons. The molecule has 0 spiro atoms. The monoisotopic (exact) mass is 607 g/mol. The number of benzene rings is 1. The molecule has 44 heavy (non-hydrogen) atoms. The van der Waals surface area contributed by atoms with Crippen molar-refractivity contribution in [1.82, 2.24) is 23.6 Å². The number of piperidine rings is 1. The van der Waals surface area contributed by atoms with Crippen molar-refractivity contribution in [3.05, 3.63) is 62.3 Å². The summed E-state index contributed by atoms with van der Waals surface area (Å²) < 4.78 is 15.2. The third-order valence-corrected chi connectivity index (χ3v) is 8.04. The number of Topliss-reactive ketones (excluding diaryl/α,β-unsaturated/α-hetero) is 1. The van der Waals surface area contributed by atoms with Crippen LogP contribution in [0.15, 0.2) is 45.5 Å². The van der Waals surface area contributed by atoms with Crippen LogP contribution in [-0.4, -0.2) is 87.3 Å². The molecule has 2 aromatic heterocycles. The zero-order valence-electron chi connectivity index (χ0n) is 25.7. The minimum absolute atomic E-state index is 0.0106. The molecule has 4 heterocycles. The van der Waals surface area contributed by atoms with E-state index in [4.69, 9.17) is 20.2 Å². The number of nitrogens with two attached hydrogens (primary N) is 1. The maximum absolute atomic E-state index is 13.9. The van der Waals surface area contributed by atoms with Gasteiger partial charge in [-0.1, -0.05) is 23.8 Å². The van der Waals surface area contributed by atoms with Gasteiger partial charge in [0, 0.05) is 51.4 Å². The lowest BCUT2D eigenvalue weighted by atomic mass is 10.1. The summed E-state index contributed by atoms with van der Waals surface area (Å²) >= 11 is 0. The number of carbonyl (C=O) groups is 2. The molecule has 1 amide bonds. The van der Waals surface area contributed by atoms with E-state index in [9.17, 15) is 19.2 Å². The fourth-order valence-corrected chi connectivity index (χ4v) is 5.60. The van der Waals surface area contributed by atoms with Crippen LogP contribution in [0.5, 0.6) is 5.75 Å². The van der Waals surface area contributed by atoms with Crippen LogP contribution in [0.2, 0.25) is 0 Å². The standard InChI is InChI=1S/C31H41N7O6/c1-21(2)9-12-37-27-28(33-30(37)36-11-5-7-23(32)19-36)34(3)31(42)38(29(27)41)20-25(39)22-6-4-8-24(18-22)44-15-10-26(40)35-13-16-43-17-14-35/h4,6,8-9,18,23H,5,7,10-17,19-20,32H2,1-3H3. The molecule has 3 aromatic rings. The fourth-order valence-electron chi connectivity index (χ4n) is 5.60. The van der Waals surface area contributed by atoms with Crippen LogP contribution in [0.4, 0.5) is 5.95 Å². The second kappa shape index (κ2) is 13.6. The minimum atomic E-state index is -0.626. The molecule has 13 nitrogen and oxygen atoms in total. The summed E-state index contributed by atoms with van der Waals surface area (Å²) in [7, 11) is 1.56. The topological polar surface area (TPSA) is 147 Å². The molecule has 1 aromatic carbocycles. The molecule has 1 atom stereocenters. The molecule has 2 saturated heterocycles. The molecule has 0 saturated carbocycles. The van der Waals surface area contributed by atoms with E-state index in [1.54, 1.807) is 36.2 Å². The van der Waals surface area contributed by atoms with Gasteiger partial charge in [-0.05, 0) is 38.8 Å². The summed E-state index contributed by atoms with van der Waals surface area (Å²) in [5.74, 6) is 0.573. The lowest BCUT2D eigenvalue weighted by Crippen LogP contribution is -2.44. The maximum atomic E-state index is 13.9. The second-order valence-corrected chi connectivity index (χ2v) is 11.6. The average Bonchev–Trinajstić information content (AvgIpc) is 3.41. The zero-order valence-corrected chi connectivity index (χ0v) is 25.7. The molecule has 1 unspecified atom stereocenters. The number of ether oxygens (including phenoxy) is 2. The molecular formula is C31H41N7O6. The Labute approximate surface area is 255 Å². The number of aryl methyl sites for hydroxylation is 1. The molecule has 2 fully saturated rings. The number of aromatic nitrogens is 4. The maximum Gasteiger partial charge on any atom is 0.332 e. The number of anilines is 1. The molecule has 13 heteroatoms. The number of ketones is 1. The number of fused-ring (bicyclic) bond motifs is 1. The molecule has 2 aliphatic heterocycles. The molecule has 2 N–H and O–H groups in total. The lowest BCUT2D eigenvalue weighted by molar-refractivity contribution is -0.135. The Morgan fingerprint density at radius 1 is 1.14 bits per heavy atom. The van der Waals surface area contributed by atoms with E-state index in [-0.39, 0.29) is 41.7 Å². The summed E-state index contributed by atoms with van der Waals surface area (Å²) in [6, 6.07) is 6.53. The largest absolute Gasteiger partial charge is 0.493 e. The molecule has 0 aliphatic carbocycles. The van der Waals surface area contributed by atoms with E-state index in [0.717, 1.165) is 29.5 Å². The third kappa shape index (κ3) is 6.78.